The molecule has 27 heavy (non-hydrogen) atoms. The molecule has 3 rings (SSSR count). The molecule has 0 spiro atoms. The Morgan fingerprint density at radius 3 is 2.41 bits per heavy atom. The third-order valence-corrected chi connectivity index (χ3v) is 4.12. The molecule has 0 aliphatic rings. The van der Waals surface area contributed by atoms with Crippen LogP contribution >= 0.6 is 0 Å². The van der Waals surface area contributed by atoms with Gasteiger partial charge in [-0.25, -0.2) is 9.18 Å². The van der Waals surface area contributed by atoms with Crippen molar-refractivity contribution in [2.45, 2.75) is 6.92 Å². The molecule has 0 radical (unpaired) electrons. The third-order valence-electron chi connectivity index (χ3n) is 4.12. The van der Waals surface area contributed by atoms with Crippen LogP contribution in [-0.4, -0.2) is 13.1 Å². The Bertz CT molecular complexity index is 1020. The maximum Gasteiger partial charge on any atom is 0.326 e. The average molecular weight is 358 g/mol. The summed E-state index contributed by atoms with van der Waals surface area (Å²) in [5.41, 5.74) is 3.57. The van der Waals surface area contributed by atoms with Crippen molar-refractivity contribution < 1.29 is 9.18 Å². The number of nitrogens with one attached hydrogen (secondary N) is 1. The van der Waals surface area contributed by atoms with Crippen LogP contribution in [0.4, 0.5) is 20.6 Å². The Hall–Kier alpha value is -3.58. The second-order valence-electron chi connectivity index (χ2n) is 6.08. The van der Waals surface area contributed by atoms with Gasteiger partial charge in [-0.05, 0) is 55.0 Å². The van der Waals surface area contributed by atoms with Gasteiger partial charge in [-0.3, -0.25) is 4.90 Å². The molecule has 0 aromatic heterocycles. The maximum atomic E-state index is 13.2. The van der Waals surface area contributed by atoms with Crippen molar-refractivity contribution in [2.24, 2.45) is 0 Å². The summed E-state index contributed by atoms with van der Waals surface area (Å²) in [5, 5.41) is 2.81. The second kappa shape index (κ2) is 8.20. The number of anilines is 2. The van der Waals surface area contributed by atoms with Crippen LogP contribution in [0.15, 0.2) is 72.8 Å². The highest BCUT2D eigenvalue weighted by molar-refractivity contribution is 6.02. The molecule has 134 valence electrons. The van der Waals surface area contributed by atoms with Crippen molar-refractivity contribution in [3.8, 4) is 11.8 Å². The molecule has 0 aliphatic carbocycles. The van der Waals surface area contributed by atoms with Crippen molar-refractivity contribution in [3.05, 3.63) is 95.3 Å². The Morgan fingerprint density at radius 2 is 1.67 bits per heavy atom. The number of nitrogens with zero attached hydrogens (tertiary/aromatic N) is 1. The van der Waals surface area contributed by atoms with Crippen LogP contribution < -0.4 is 10.2 Å². The summed E-state index contributed by atoms with van der Waals surface area (Å²) in [6.45, 7) is 1.75. The molecule has 0 fully saturated rings. The van der Waals surface area contributed by atoms with Gasteiger partial charge in [0.05, 0.1) is 5.69 Å². The van der Waals surface area contributed by atoms with E-state index >= 15 is 0 Å². The summed E-state index contributed by atoms with van der Waals surface area (Å²) in [7, 11) is 1.68. The maximum absolute atomic E-state index is 13.2. The van der Waals surface area contributed by atoms with Gasteiger partial charge >= 0.3 is 6.03 Å². The van der Waals surface area contributed by atoms with Crippen LogP contribution in [0, 0.1) is 24.6 Å². The summed E-state index contributed by atoms with van der Waals surface area (Å²) in [6, 6.07) is 21.1. The lowest BCUT2D eigenvalue weighted by molar-refractivity contribution is 0.258. The highest BCUT2D eigenvalue weighted by atomic mass is 19.1. The zero-order chi connectivity index (χ0) is 19.2. The van der Waals surface area contributed by atoms with Crippen LogP contribution in [-0.2, 0) is 0 Å². The number of hydrogen-bond donors (Lipinski definition) is 1. The van der Waals surface area contributed by atoms with Crippen molar-refractivity contribution in [1.29, 1.82) is 0 Å². The SMILES string of the molecule is Cc1cc(F)ccc1NC(=O)N(C)c1ccccc1C#Cc1ccccc1. The number of para-hydroxylation sites is 1. The molecule has 0 saturated carbocycles. The molecular formula is C23H19FN2O. The Balaban J connectivity index is 1.83. The first-order chi connectivity index (χ1) is 13.0. The molecule has 0 heterocycles. The summed E-state index contributed by atoms with van der Waals surface area (Å²) >= 11 is 0. The van der Waals surface area contributed by atoms with E-state index in [1.54, 1.807) is 20.0 Å². The van der Waals surface area contributed by atoms with E-state index in [0.29, 0.717) is 16.9 Å². The van der Waals surface area contributed by atoms with E-state index in [1.807, 2.05) is 54.6 Å². The van der Waals surface area contributed by atoms with Gasteiger partial charge in [0.2, 0.25) is 0 Å². The molecule has 0 atom stereocenters. The third kappa shape index (κ3) is 4.53. The zero-order valence-electron chi connectivity index (χ0n) is 15.2. The average Bonchev–Trinajstić information content (AvgIpc) is 2.69. The zero-order valence-corrected chi connectivity index (χ0v) is 15.2. The number of rotatable bonds is 2. The molecule has 0 unspecified atom stereocenters. The molecule has 4 heteroatoms. The summed E-state index contributed by atoms with van der Waals surface area (Å²) in [5.74, 6) is 5.90. The fraction of sp³-hybridized carbons (Fsp3) is 0.0870. The predicted octanol–water partition coefficient (Wildman–Crippen LogP) is 5.20. The van der Waals surface area contributed by atoms with E-state index in [4.69, 9.17) is 0 Å². The number of carbonyl (C=O) groups excluding carboxylic acids is 1. The van der Waals surface area contributed by atoms with Crippen molar-refractivity contribution in [1.82, 2.24) is 0 Å². The van der Waals surface area contributed by atoms with Crippen LogP contribution in [0.3, 0.4) is 0 Å². The van der Waals surface area contributed by atoms with Gasteiger partial charge in [0.25, 0.3) is 0 Å². The molecule has 1 N–H and O–H groups in total. The monoisotopic (exact) mass is 358 g/mol. The van der Waals surface area contributed by atoms with E-state index in [0.717, 1.165) is 11.1 Å². The van der Waals surface area contributed by atoms with Gasteiger partial charge in [0, 0.05) is 23.9 Å². The summed E-state index contributed by atoms with van der Waals surface area (Å²) in [4.78, 5) is 14.1. The van der Waals surface area contributed by atoms with Gasteiger partial charge < -0.3 is 5.32 Å². The first kappa shape index (κ1) is 18.2. The normalized spacial score (nSPS) is 9.89. The van der Waals surface area contributed by atoms with Crippen LogP contribution in [0.2, 0.25) is 0 Å². The number of urea groups is 1. The Labute approximate surface area is 158 Å². The number of halogens is 1. The largest absolute Gasteiger partial charge is 0.326 e. The van der Waals surface area contributed by atoms with Crippen molar-refractivity contribution in [2.75, 3.05) is 17.3 Å². The molecule has 3 nitrogen and oxygen atoms in total. The first-order valence-corrected chi connectivity index (χ1v) is 8.51. The first-order valence-electron chi connectivity index (χ1n) is 8.51. The number of amides is 2. The van der Waals surface area contributed by atoms with E-state index in [2.05, 4.69) is 17.2 Å². The van der Waals surface area contributed by atoms with E-state index in [-0.39, 0.29) is 11.8 Å². The van der Waals surface area contributed by atoms with Crippen molar-refractivity contribution in [3.63, 3.8) is 0 Å². The van der Waals surface area contributed by atoms with Crippen molar-refractivity contribution >= 4 is 17.4 Å². The molecule has 2 amide bonds. The highest BCUT2D eigenvalue weighted by Gasteiger charge is 2.14. The van der Waals surface area contributed by atoms with Crippen LogP contribution in [0.5, 0.6) is 0 Å². The standard InChI is InChI=1S/C23H19FN2O/c1-17-16-20(24)14-15-21(17)25-23(27)26(2)22-11-7-6-10-19(22)13-12-18-8-4-3-5-9-18/h3-11,14-16H,1-2H3,(H,25,27). The quantitative estimate of drug-likeness (QED) is 0.627. The number of hydrogen-bond acceptors (Lipinski definition) is 1. The van der Waals surface area contributed by atoms with Gasteiger partial charge in [-0.15, -0.1) is 0 Å². The lowest BCUT2D eigenvalue weighted by atomic mass is 10.1. The Kier molecular flexibility index (Phi) is 5.53. The topological polar surface area (TPSA) is 32.3 Å². The predicted molar refractivity (Wildman–Crippen MR) is 107 cm³/mol. The minimum atomic E-state index is -0.333. The fourth-order valence-electron chi connectivity index (χ4n) is 2.61. The second-order valence-corrected chi connectivity index (χ2v) is 6.08. The lowest BCUT2D eigenvalue weighted by Crippen LogP contribution is -2.32. The minimum Gasteiger partial charge on any atom is -0.307 e. The number of aryl methyl sites for hydroxylation is 1. The molecule has 0 bridgehead atoms. The van der Waals surface area contributed by atoms with Gasteiger partial charge in [0.15, 0.2) is 0 Å². The molecule has 3 aromatic carbocycles. The van der Waals surface area contributed by atoms with Crippen LogP contribution in [0.25, 0.3) is 0 Å². The Morgan fingerprint density at radius 1 is 0.963 bits per heavy atom. The summed E-state index contributed by atoms with van der Waals surface area (Å²) < 4.78 is 13.2. The number of benzene rings is 3. The van der Waals surface area contributed by atoms with E-state index < -0.39 is 0 Å². The summed E-state index contributed by atoms with van der Waals surface area (Å²) in [6.07, 6.45) is 0. The molecule has 0 aliphatic heterocycles. The number of carbonyl (C=O) groups is 1. The van der Waals surface area contributed by atoms with Crippen LogP contribution in [0.1, 0.15) is 16.7 Å². The molecular weight excluding hydrogens is 339 g/mol. The minimum absolute atomic E-state index is 0.321. The smallest absolute Gasteiger partial charge is 0.307 e. The van der Waals surface area contributed by atoms with Gasteiger partial charge in [-0.1, -0.05) is 42.2 Å². The highest BCUT2D eigenvalue weighted by Crippen LogP contribution is 2.21. The van der Waals surface area contributed by atoms with E-state index in [9.17, 15) is 9.18 Å². The van der Waals surface area contributed by atoms with Gasteiger partial charge in [-0.2, -0.15) is 0 Å². The molecule has 0 saturated heterocycles. The fourth-order valence-corrected chi connectivity index (χ4v) is 2.61. The van der Waals surface area contributed by atoms with Gasteiger partial charge in [0.1, 0.15) is 5.82 Å². The molecule has 3 aromatic rings. The van der Waals surface area contributed by atoms with E-state index in [1.165, 1.54) is 17.0 Å². The lowest BCUT2D eigenvalue weighted by Gasteiger charge is -2.20.